The largest absolute Gasteiger partial charge is 0.294 e. The summed E-state index contributed by atoms with van der Waals surface area (Å²) in [4.78, 5) is 11.7. The number of aryl methyl sites for hydroxylation is 1. The highest BCUT2D eigenvalue weighted by atomic mass is 19.1. The lowest BCUT2D eigenvalue weighted by Gasteiger charge is -2.03. The van der Waals surface area contributed by atoms with Crippen LogP contribution in [-0.2, 0) is 0 Å². The second kappa shape index (κ2) is 3.52. The second-order valence-electron chi connectivity index (χ2n) is 4.03. The molecule has 0 unspecified atom stereocenters. The van der Waals surface area contributed by atoms with E-state index < -0.39 is 0 Å². The van der Waals surface area contributed by atoms with Gasteiger partial charge in [-0.1, -0.05) is 0 Å². The third-order valence-electron chi connectivity index (χ3n) is 2.66. The SMILES string of the molecule is Cc1cc(F)ccc1C(=O)CC1CC1. The van der Waals surface area contributed by atoms with Crippen LogP contribution in [0.15, 0.2) is 18.2 Å². The van der Waals surface area contributed by atoms with Crippen LogP contribution in [0.4, 0.5) is 4.39 Å². The molecule has 0 radical (unpaired) electrons. The smallest absolute Gasteiger partial charge is 0.163 e. The van der Waals surface area contributed by atoms with Crippen molar-refractivity contribution in [3.63, 3.8) is 0 Å². The highest BCUT2D eigenvalue weighted by molar-refractivity contribution is 5.97. The van der Waals surface area contributed by atoms with E-state index in [0.717, 1.165) is 5.56 Å². The van der Waals surface area contributed by atoms with Gasteiger partial charge < -0.3 is 0 Å². The summed E-state index contributed by atoms with van der Waals surface area (Å²) in [6.07, 6.45) is 2.98. The van der Waals surface area contributed by atoms with Crippen LogP contribution in [-0.4, -0.2) is 5.78 Å². The van der Waals surface area contributed by atoms with Gasteiger partial charge in [0.15, 0.2) is 5.78 Å². The fraction of sp³-hybridized carbons (Fsp3) is 0.417. The lowest BCUT2D eigenvalue weighted by molar-refractivity contribution is 0.0975. The lowest BCUT2D eigenvalue weighted by Crippen LogP contribution is -2.02. The van der Waals surface area contributed by atoms with E-state index in [4.69, 9.17) is 0 Å². The van der Waals surface area contributed by atoms with Gasteiger partial charge in [0, 0.05) is 12.0 Å². The Labute approximate surface area is 82.9 Å². The Hall–Kier alpha value is -1.18. The number of carbonyl (C=O) groups excluding carboxylic acids is 1. The Bertz CT molecular complexity index is 367. The third-order valence-corrected chi connectivity index (χ3v) is 2.66. The monoisotopic (exact) mass is 192 g/mol. The number of Topliss-reactive ketones (excluding diaryl/α,β-unsaturated/α-hetero) is 1. The van der Waals surface area contributed by atoms with Crippen molar-refractivity contribution in [1.29, 1.82) is 0 Å². The zero-order chi connectivity index (χ0) is 10.1. The molecule has 1 aliphatic rings. The fourth-order valence-corrected chi connectivity index (χ4v) is 1.63. The molecule has 0 amide bonds. The van der Waals surface area contributed by atoms with E-state index >= 15 is 0 Å². The Morgan fingerprint density at radius 2 is 2.21 bits per heavy atom. The van der Waals surface area contributed by atoms with E-state index in [1.165, 1.54) is 25.0 Å². The second-order valence-corrected chi connectivity index (χ2v) is 4.03. The summed E-state index contributed by atoms with van der Waals surface area (Å²) in [5, 5.41) is 0. The van der Waals surface area contributed by atoms with Crippen molar-refractivity contribution in [1.82, 2.24) is 0 Å². The molecule has 0 spiro atoms. The van der Waals surface area contributed by atoms with E-state index in [-0.39, 0.29) is 11.6 Å². The summed E-state index contributed by atoms with van der Waals surface area (Å²) in [5.41, 5.74) is 1.42. The van der Waals surface area contributed by atoms with Gasteiger partial charge in [0.2, 0.25) is 0 Å². The molecule has 0 bridgehead atoms. The van der Waals surface area contributed by atoms with Gasteiger partial charge in [-0.25, -0.2) is 4.39 Å². The van der Waals surface area contributed by atoms with Crippen molar-refractivity contribution in [2.45, 2.75) is 26.2 Å². The third kappa shape index (κ3) is 2.00. The van der Waals surface area contributed by atoms with Crippen LogP contribution >= 0.6 is 0 Å². The van der Waals surface area contributed by atoms with Crippen LogP contribution in [0.3, 0.4) is 0 Å². The number of carbonyl (C=O) groups is 1. The number of ketones is 1. The highest BCUT2D eigenvalue weighted by Crippen LogP contribution is 2.33. The van der Waals surface area contributed by atoms with Crippen LogP contribution in [0, 0.1) is 18.7 Å². The van der Waals surface area contributed by atoms with E-state index in [0.29, 0.717) is 17.9 Å². The molecule has 1 fully saturated rings. The Kier molecular flexibility index (Phi) is 2.36. The van der Waals surface area contributed by atoms with Gasteiger partial charge in [-0.05, 0) is 49.4 Å². The molecular formula is C12H13FO. The minimum atomic E-state index is -0.273. The number of benzene rings is 1. The Morgan fingerprint density at radius 3 is 2.79 bits per heavy atom. The van der Waals surface area contributed by atoms with Crippen molar-refractivity contribution in [3.8, 4) is 0 Å². The maximum atomic E-state index is 12.8. The van der Waals surface area contributed by atoms with Gasteiger partial charge >= 0.3 is 0 Å². The Morgan fingerprint density at radius 1 is 1.50 bits per heavy atom. The molecule has 2 heteroatoms. The molecule has 0 atom stereocenters. The van der Waals surface area contributed by atoms with Crippen molar-refractivity contribution in [3.05, 3.63) is 35.1 Å². The van der Waals surface area contributed by atoms with Crippen molar-refractivity contribution in [2.75, 3.05) is 0 Å². The van der Waals surface area contributed by atoms with Crippen molar-refractivity contribution >= 4 is 5.78 Å². The van der Waals surface area contributed by atoms with Crippen molar-refractivity contribution in [2.24, 2.45) is 5.92 Å². The lowest BCUT2D eigenvalue weighted by atomic mass is 10.0. The van der Waals surface area contributed by atoms with Crippen molar-refractivity contribution < 1.29 is 9.18 Å². The molecule has 14 heavy (non-hydrogen) atoms. The molecule has 1 nitrogen and oxygen atoms in total. The number of hydrogen-bond acceptors (Lipinski definition) is 1. The average molecular weight is 192 g/mol. The summed E-state index contributed by atoms with van der Waals surface area (Å²) >= 11 is 0. The highest BCUT2D eigenvalue weighted by Gasteiger charge is 2.25. The van der Waals surface area contributed by atoms with Crippen LogP contribution < -0.4 is 0 Å². The minimum absolute atomic E-state index is 0.157. The van der Waals surface area contributed by atoms with Gasteiger partial charge in [0.25, 0.3) is 0 Å². The molecule has 1 saturated carbocycles. The molecule has 0 heterocycles. The predicted octanol–water partition coefficient (Wildman–Crippen LogP) is 3.12. The Balaban J connectivity index is 2.17. The van der Waals surface area contributed by atoms with E-state index in [9.17, 15) is 9.18 Å². The number of rotatable bonds is 3. The topological polar surface area (TPSA) is 17.1 Å². The van der Waals surface area contributed by atoms with Gasteiger partial charge in [-0.2, -0.15) is 0 Å². The number of hydrogen-bond donors (Lipinski definition) is 0. The number of halogens is 1. The molecule has 2 rings (SSSR count). The van der Waals surface area contributed by atoms with Gasteiger partial charge in [0.05, 0.1) is 0 Å². The molecule has 74 valence electrons. The van der Waals surface area contributed by atoms with Crippen LogP contribution in [0.2, 0.25) is 0 Å². The minimum Gasteiger partial charge on any atom is -0.294 e. The first-order valence-corrected chi connectivity index (χ1v) is 4.96. The van der Waals surface area contributed by atoms with E-state index in [1.807, 2.05) is 0 Å². The molecule has 1 aromatic carbocycles. The average Bonchev–Trinajstić information content (AvgIpc) is 2.87. The van der Waals surface area contributed by atoms with Gasteiger partial charge in [-0.3, -0.25) is 4.79 Å². The van der Waals surface area contributed by atoms with Crippen LogP contribution in [0.1, 0.15) is 35.2 Å². The van der Waals surface area contributed by atoms with Gasteiger partial charge in [0.1, 0.15) is 5.82 Å². The maximum Gasteiger partial charge on any atom is 0.163 e. The molecule has 0 aromatic heterocycles. The maximum absolute atomic E-state index is 12.8. The molecule has 1 aromatic rings. The normalized spacial score (nSPS) is 15.6. The quantitative estimate of drug-likeness (QED) is 0.672. The molecule has 0 N–H and O–H groups in total. The summed E-state index contributed by atoms with van der Waals surface area (Å²) in [7, 11) is 0. The van der Waals surface area contributed by atoms with E-state index in [2.05, 4.69) is 0 Å². The predicted molar refractivity (Wildman–Crippen MR) is 52.8 cm³/mol. The molecule has 0 saturated heterocycles. The first-order valence-electron chi connectivity index (χ1n) is 4.96. The summed E-state index contributed by atoms with van der Waals surface area (Å²) < 4.78 is 12.8. The standard InChI is InChI=1S/C12H13FO/c1-8-6-10(13)4-5-11(8)12(14)7-9-2-3-9/h4-6,9H,2-3,7H2,1H3. The molecule has 0 aliphatic heterocycles. The van der Waals surface area contributed by atoms with E-state index in [1.54, 1.807) is 13.0 Å². The first-order chi connectivity index (χ1) is 6.66. The zero-order valence-corrected chi connectivity index (χ0v) is 8.22. The summed E-state index contributed by atoms with van der Waals surface area (Å²) in [5.74, 6) is 0.474. The molecular weight excluding hydrogens is 179 g/mol. The molecule has 1 aliphatic carbocycles. The first kappa shape index (κ1) is 9.38. The van der Waals surface area contributed by atoms with Crippen LogP contribution in [0.25, 0.3) is 0 Å². The van der Waals surface area contributed by atoms with Gasteiger partial charge in [-0.15, -0.1) is 0 Å². The fourth-order valence-electron chi connectivity index (χ4n) is 1.63. The van der Waals surface area contributed by atoms with Crippen LogP contribution in [0.5, 0.6) is 0 Å². The summed E-state index contributed by atoms with van der Waals surface area (Å²) in [6.45, 7) is 1.78. The zero-order valence-electron chi connectivity index (χ0n) is 8.22. The summed E-state index contributed by atoms with van der Waals surface area (Å²) in [6, 6.07) is 4.36.